The lowest BCUT2D eigenvalue weighted by molar-refractivity contribution is -0.121. The van der Waals surface area contributed by atoms with Gasteiger partial charge in [0.1, 0.15) is 12.4 Å². The Hall–Kier alpha value is -2.49. The normalized spacial score (nSPS) is 16.7. The van der Waals surface area contributed by atoms with Gasteiger partial charge < -0.3 is 15.8 Å². The summed E-state index contributed by atoms with van der Waals surface area (Å²) in [5.41, 5.74) is 9.27. The van der Waals surface area contributed by atoms with Crippen molar-refractivity contribution in [3.63, 3.8) is 0 Å². The highest BCUT2D eigenvalue weighted by Gasteiger charge is 2.26. The molecule has 0 saturated heterocycles. The zero-order chi connectivity index (χ0) is 14.8. The van der Waals surface area contributed by atoms with Gasteiger partial charge in [0.15, 0.2) is 0 Å². The third kappa shape index (κ3) is 2.70. The fourth-order valence-corrected chi connectivity index (χ4v) is 2.52. The molecular weight excluding hydrogens is 264 g/mol. The second-order valence-electron chi connectivity index (χ2n) is 5.33. The first-order chi connectivity index (χ1) is 10.1. The van der Waals surface area contributed by atoms with Crippen LogP contribution in [-0.2, 0) is 11.2 Å². The van der Waals surface area contributed by atoms with Gasteiger partial charge in [-0.05, 0) is 42.7 Å². The van der Waals surface area contributed by atoms with Crippen LogP contribution in [0.5, 0.6) is 5.75 Å². The average molecular weight is 282 g/mol. The molecule has 3 rings (SSSR count). The number of rotatable bonds is 2. The van der Waals surface area contributed by atoms with Crippen molar-refractivity contribution in [1.29, 1.82) is 0 Å². The Bertz CT molecular complexity index is 682. The highest BCUT2D eigenvalue weighted by Crippen LogP contribution is 2.28. The highest BCUT2D eigenvalue weighted by molar-refractivity contribution is 5.94. The van der Waals surface area contributed by atoms with Crippen molar-refractivity contribution >= 4 is 17.3 Å². The van der Waals surface area contributed by atoms with Crippen LogP contribution in [0, 0.1) is 12.8 Å². The number of nitrogen functional groups attached to an aromatic ring is 1. The largest absolute Gasteiger partial charge is 0.492 e. The molecule has 4 heteroatoms. The van der Waals surface area contributed by atoms with Gasteiger partial charge in [-0.25, -0.2) is 0 Å². The van der Waals surface area contributed by atoms with E-state index in [0.29, 0.717) is 18.7 Å². The molecule has 3 N–H and O–H groups in total. The smallest absolute Gasteiger partial charge is 0.231 e. The van der Waals surface area contributed by atoms with E-state index in [9.17, 15) is 4.79 Å². The SMILES string of the molecule is Cc1c(N)cccc1NC(=O)C1COc2ccccc2C1. The van der Waals surface area contributed by atoms with Crippen molar-refractivity contribution < 1.29 is 9.53 Å². The average Bonchev–Trinajstić information content (AvgIpc) is 2.51. The quantitative estimate of drug-likeness (QED) is 0.832. The number of nitrogens with one attached hydrogen (secondary N) is 1. The number of para-hydroxylation sites is 1. The van der Waals surface area contributed by atoms with Crippen molar-refractivity contribution in [2.75, 3.05) is 17.7 Å². The summed E-state index contributed by atoms with van der Waals surface area (Å²) in [6.07, 6.45) is 0.698. The summed E-state index contributed by atoms with van der Waals surface area (Å²) < 4.78 is 5.66. The molecule has 1 aliphatic rings. The van der Waals surface area contributed by atoms with Gasteiger partial charge >= 0.3 is 0 Å². The molecular formula is C17H18N2O2. The number of hydrogen-bond acceptors (Lipinski definition) is 3. The number of hydrogen-bond donors (Lipinski definition) is 2. The van der Waals surface area contributed by atoms with Crippen LogP contribution in [-0.4, -0.2) is 12.5 Å². The third-order valence-electron chi connectivity index (χ3n) is 3.88. The first-order valence-corrected chi connectivity index (χ1v) is 7.02. The van der Waals surface area contributed by atoms with E-state index in [1.54, 1.807) is 0 Å². The molecule has 0 aliphatic carbocycles. The summed E-state index contributed by atoms with van der Waals surface area (Å²) in [7, 11) is 0. The molecule has 0 bridgehead atoms. The standard InChI is InChI=1S/C17H18N2O2/c1-11-14(18)6-4-7-15(11)19-17(20)13-9-12-5-2-3-8-16(12)21-10-13/h2-8,13H,9-10,18H2,1H3,(H,19,20). The van der Waals surface area contributed by atoms with E-state index in [1.165, 1.54) is 0 Å². The maximum Gasteiger partial charge on any atom is 0.231 e. The van der Waals surface area contributed by atoms with Gasteiger partial charge in [-0.15, -0.1) is 0 Å². The van der Waals surface area contributed by atoms with Crippen LogP contribution >= 0.6 is 0 Å². The monoisotopic (exact) mass is 282 g/mol. The number of benzene rings is 2. The molecule has 0 aromatic heterocycles. The number of amides is 1. The van der Waals surface area contributed by atoms with Crippen LogP contribution in [0.2, 0.25) is 0 Å². The van der Waals surface area contributed by atoms with Crippen molar-refractivity contribution in [3.8, 4) is 5.75 Å². The minimum absolute atomic E-state index is 0.0294. The zero-order valence-electron chi connectivity index (χ0n) is 11.9. The highest BCUT2D eigenvalue weighted by atomic mass is 16.5. The molecule has 2 aromatic carbocycles. The molecule has 0 spiro atoms. The maximum atomic E-state index is 12.4. The first kappa shape index (κ1) is 13.5. The molecule has 2 aromatic rings. The Morgan fingerprint density at radius 1 is 1.24 bits per heavy atom. The van der Waals surface area contributed by atoms with E-state index in [-0.39, 0.29) is 11.8 Å². The number of fused-ring (bicyclic) bond motifs is 1. The summed E-state index contributed by atoms with van der Waals surface area (Å²) in [6.45, 7) is 2.31. The van der Waals surface area contributed by atoms with Crippen LogP contribution in [0.25, 0.3) is 0 Å². The van der Waals surface area contributed by atoms with E-state index in [4.69, 9.17) is 10.5 Å². The predicted octanol–water partition coefficient (Wildman–Crippen LogP) is 2.77. The van der Waals surface area contributed by atoms with Gasteiger partial charge in [0.2, 0.25) is 5.91 Å². The minimum atomic E-state index is -0.180. The summed E-state index contributed by atoms with van der Waals surface area (Å²) in [6, 6.07) is 13.4. The lowest BCUT2D eigenvalue weighted by Gasteiger charge is -2.24. The Morgan fingerprint density at radius 3 is 2.90 bits per heavy atom. The zero-order valence-corrected chi connectivity index (χ0v) is 11.9. The maximum absolute atomic E-state index is 12.4. The van der Waals surface area contributed by atoms with E-state index in [1.807, 2.05) is 49.4 Å². The van der Waals surface area contributed by atoms with Gasteiger partial charge in [0.25, 0.3) is 0 Å². The van der Waals surface area contributed by atoms with Crippen molar-refractivity contribution in [2.45, 2.75) is 13.3 Å². The van der Waals surface area contributed by atoms with Crippen molar-refractivity contribution in [3.05, 3.63) is 53.6 Å². The van der Waals surface area contributed by atoms with Gasteiger partial charge in [0.05, 0.1) is 5.92 Å². The second kappa shape index (κ2) is 5.48. The molecule has 0 saturated carbocycles. The van der Waals surface area contributed by atoms with Crippen molar-refractivity contribution in [1.82, 2.24) is 0 Å². The Morgan fingerprint density at radius 2 is 2.05 bits per heavy atom. The van der Waals surface area contributed by atoms with Gasteiger partial charge in [-0.3, -0.25) is 4.79 Å². The van der Waals surface area contributed by atoms with Gasteiger partial charge in [0, 0.05) is 11.4 Å². The first-order valence-electron chi connectivity index (χ1n) is 7.02. The number of ether oxygens (including phenoxy) is 1. The molecule has 4 nitrogen and oxygen atoms in total. The van der Waals surface area contributed by atoms with E-state index in [0.717, 1.165) is 22.6 Å². The van der Waals surface area contributed by atoms with E-state index >= 15 is 0 Å². The Balaban J connectivity index is 1.74. The molecule has 21 heavy (non-hydrogen) atoms. The number of carbonyl (C=O) groups excluding carboxylic acids is 1. The van der Waals surface area contributed by atoms with Gasteiger partial charge in [-0.1, -0.05) is 24.3 Å². The lowest BCUT2D eigenvalue weighted by atomic mass is 9.96. The number of anilines is 2. The molecule has 1 heterocycles. The second-order valence-corrected chi connectivity index (χ2v) is 5.33. The van der Waals surface area contributed by atoms with Gasteiger partial charge in [-0.2, -0.15) is 0 Å². The lowest BCUT2D eigenvalue weighted by Crippen LogP contribution is -2.32. The summed E-state index contributed by atoms with van der Waals surface area (Å²) in [4.78, 5) is 12.4. The van der Waals surface area contributed by atoms with Crippen LogP contribution in [0.4, 0.5) is 11.4 Å². The van der Waals surface area contributed by atoms with E-state index < -0.39 is 0 Å². The molecule has 108 valence electrons. The minimum Gasteiger partial charge on any atom is -0.492 e. The third-order valence-corrected chi connectivity index (χ3v) is 3.88. The Labute approximate surface area is 123 Å². The molecule has 0 fully saturated rings. The van der Waals surface area contributed by atoms with Crippen LogP contribution in [0.1, 0.15) is 11.1 Å². The molecule has 0 radical (unpaired) electrons. The summed E-state index contributed by atoms with van der Waals surface area (Å²) >= 11 is 0. The Kier molecular flexibility index (Phi) is 3.52. The molecule has 1 aliphatic heterocycles. The van der Waals surface area contributed by atoms with Crippen LogP contribution < -0.4 is 15.8 Å². The van der Waals surface area contributed by atoms with E-state index in [2.05, 4.69) is 5.32 Å². The van der Waals surface area contributed by atoms with Crippen LogP contribution in [0.15, 0.2) is 42.5 Å². The summed E-state index contributed by atoms with van der Waals surface area (Å²) in [5, 5.41) is 2.95. The fraction of sp³-hybridized carbons (Fsp3) is 0.235. The number of nitrogens with two attached hydrogens (primary N) is 1. The predicted molar refractivity (Wildman–Crippen MR) is 83.4 cm³/mol. The number of carbonyl (C=O) groups is 1. The molecule has 1 amide bonds. The van der Waals surface area contributed by atoms with Crippen LogP contribution in [0.3, 0.4) is 0 Å². The topological polar surface area (TPSA) is 64.3 Å². The molecule has 1 unspecified atom stereocenters. The fourth-order valence-electron chi connectivity index (χ4n) is 2.52. The molecule has 1 atom stereocenters. The van der Waals surface area contributed by atoms with Crippen molar-refractivity contribution in [2.24, 2.45) is 5.92 Å². The summed E-state index contributed by atoms with van der Waals surface area (Å²) in [5.74, 6) is 0.667.